The predicted octanol–water partition coefficient (Wildman–Crippen LogP) is 5.00. The molecule has 8 heteroatoms. The van der Waals surface area contributed by atoms with E-state index in [0.29, 0.717) is 29.8 Å². The van der Waals surface area contributed by atoms with Crippen molar-refractivity contribution < 1.29 is 17.9 Å². The minimum atomic E-state index is -2.88. The topological polar surface area (TPSA) is 56.2 Å². The van der Waals surface area contributed by atoms with Crippen molar-refractivity contribution in [3.8, 4) is 0 Å². The van der Waals surface area contributed by atoms with Crippen LogP contribution in [-0.4, -0.2) is 22.8 Å². The molecule has 5 nitrogen and oxygen atoms in total. The van der Waals surface area contributed by atoms with Crippen molar-refractivity contribution in [2.75, 3.05) is 18.5 Å². The third kappa shape index (κ3) is 3.92. The quantitative estimate of drug-likeness (QED) is 0.635. The Morgan fingerprint density at radius 1 is 1.20 bits per heavy atom. The number of hydrogen-bond acceptors (Lipinski definition) is 4. The molecular formula is C22H22F3N3O2. The first-order chi connectivity index (χ1) is 14.5. The number of ether oxygens (including phenoxy) is 1. The average Bonchev–Trinajstić information content (AvgIpc) is 2.74. The Balaban J connectivity index is 1.71. The molecule has 0 saturated carbocycles. The van der Waals surface area contributed by atoms with Gasteiger partial charge in [0.2, 0.25) is 0 Å². The molecule has 0 amide bonds. The second-order valence-corrected chi connectivity index (χ2v) is 7.44. The van der Waals surface area contributed by atoms with Crippen molar-refractivity contribution >= 4 is 16.6 Å². The molecular weight excluding hydrogens is 395 g/mol. The Kier molecular flexibility index (Phi) is 5.76. The fourth-order valence-electron chi connectivity index (χ4n) is 3.89. The number of rotatable bonds is 5. The van der Waals surface area contributed by atoms with Gasteiger partial charge in [-0.25, -0.2) is 13.2 Å². The smallest absolute Gasteiger partial charge is 0.266 e. The van der Waals surface area contributed by atoms with Gasteiger partial charge in [0.25, 0.3) is 12.0 Å². The molecule has 0 radical (unpaired) electrons. The second-order valence-electron chi connectivity index (χ2n) is 7.44. The van der Waals surface area contributed by atoms with Crippen molar-refractivity contribution in [2.24, 2.45) is 0 Å². The molecule has 30 heavy (non-hydrogen) atoms. The molecule has 2 aromatic heterocycles. The number of nitrogens with zero attached hydrogens (tertiary/aromatic N) is 2. The van der Waals surface area contributed by atoms with Gasteiger partial charge in [0.15, 0.2) is 0 Å². The van der Waals surface area contributed by atoms with E-state index in [1.165, 1.54) is 18.2 Å². The molecule has 0 spiro atoms. The maximum Gasteiger partial charge on any atom is 0.266 e. The highest BCUT2D eigenvalue weighted by molar-refractivity contribution is 5.90. The molecule has 3 aromatic rings. The van der Waals surface area contributed by atoms with E-state index < -0.39 is 23.8 Å². The summed E-state index contributed by atoms with van der Waals surface area (Å²) in [4.78, 5) is 16.8. The SMILES string of the molecule is C[C@@H](Nc1ccnc2cc(=O)n(C3CCOCC3)cc12)c1cccc(C(F)F)c1F. The first kappa shape index (κ1) is 20.4. The maximum atomic E-state index is 14.6. The lowest BCUT2D eigenvalue weighted by molar-refractivity contribution is 0.0688. The third-order valence-corrected chi connectivity index (χ3v) is 5.52. The van der Waals surface area contributed by atoms with Gasteiger partial charge in [-0.2, -0.15) is 0 Å². The zero-order valence-electron chi connectivity index (χ0n) is 16.4. The van der Waals surface area contributed by atoms with Gasteiger partial charge in [-0.1, -0.05) is 18.2 Å². The van der Waals surface area contributed by atoms with Gasteiger partial charge in [-0.15, -0.1) is 0 Å². The normalized spacial score (nSPS) is 16.2. The predicted molar refractivity (Wildman–Crippen MR) is 108 cm³/mol. The van der Waals surface area contributed by atoms with Crippen LogP contribution in [0.4, 0.5) is 18.9 Å². The van der Waals surface area contributed by atoms with E-state index in [4.69, 9.17) is 4.74 Å². The summed E-state index contributed by atoms with van der Waals surface area (Å²) in [5.74, 6) is -0.912. The Morgan fingerprint density at radius 2 is 1.93 bits per heavy atom. The van der Waals surface area contributed by atoms with Crippen LogP contribution in [0.3, 0.4) is 0 Å². The number of pyridine rings is 2. The van der Waals surface area contributed by atoms with E-state index in [1.54, 1.807) is 30.0 Å². The summed E-state index contributed by atoms with van der Waals surface area (Å²) in [6.07, 6.45) is 1.93. The highest BCUT2D eigenvalue weighted by atomic mass is 19.3. The lowest BCUT2D eigenvalue weighted by Gasteiger charge is -2.25. The van der Waals surface area contributed by atoms with Crippen LogP contribution in [0.2, 0.25) is 0 Å². The third-order valence-electron chi connectivity index (χ3n) is 5.52. The van der Waals surface area contributed by atoms with Crippen LogP contribution in [-0.2, 0) is 4.74 Å². The Labute approximate surface area is 171 Å². The van der Waals surface area contributed by atoms with Crippen LogP contribution in [0.1, 0.15) is 49.4 Å². The molecule has 158 valence electrons. The van der Waals surface area contributed by atoms with E-state index in [-0.39, 0.29) is 17.2 Å². The number of fused-ring (bicyclic) bond motifs is 1. The number of halogens is 3. The fraction of sp³-hybridized carbons (Fsp3) is 0.364. The molecule has 0 bridgehead atoms. The van der Waals surface area contributed by atoms with Gasteiger partial charge in [0, 0.05) is 54.4 Å². The van der Waals surface area contributed by atoms with Crippen LogP contribution in [0.25, 0.3) is 10.9 Å². The van der Waals surface area contributed by atoms with E-state index in [1.807, 2.05) is 0 Å². The molecule has 4 rings (SSSR count). The molecule has 3 heterocycles. The minimum absolute atomic E-state index is 0.0429. The fourth-order valence-corrected chi connectivity index (χ4v) is 3.89. The van der Waals surface area contributed by atoms with E-state index >= 15 is 0 Å². The van der Waals surface area contributed by atoms with Crippen LogP contribution in [0, 0.1) is 5.82 Å². The largest absolute Gasteiger partial charge is 0.381 e. The van der Waals surface area contributed by atoms with Crippen molar-refractivity contribution in [2.45, 2.75) is 38.3 Å². The second kappa shape index (κ2) is 8.47. The number of nitrogens with one attached hydrogen (secondary N) is 1. The molecule has 1 saturated heterocycles. The molecule has 1 N–H and O–H groups in total. The molecule has 1 aliphatic heterocycles. The van der Waals surface area contributed by atoms with E-state index in [0.717, 1.165) is 18.9 Å². The highest BCUT2D eigenvalue weighted by Crippen LogP contribution is 2.31. The molecule has 1 aromatic carbocycles. The highest BCUT2D eigenvalue weighted by Gasteiger charge is 2.21. The molecule has 1 fully saturated rings. The lowest BCUT2D eigenvalue weighted by atomic mass is 10.0. The molecule has 0 aliphatic carbocycles. The van der Waals surface area contributed by atoms with Gasteiger partial charge in [0.1, 0.15) is 5.82 Å². The minimum Gasteiger partial charge on any atom is -0.381 e. The van der Waals surface area contributed by atoms with Crippen LogP contribution < -0.4 is 10.9 Å². The van der Waals surface area contributed by atoms with Gasteiger partial charge in [0.05, 0.1) is 17.1 Å². The first-order valence-corrected chi connectivity index (χ1v) is 9.87. The van der Waals surface area contributed by atoms with Gasteiger partial charge in [-0.05, 0) is 25.8 Å². The van der Waals surface area contributed by atoms with Crippen LogP contribution in [0.15, 0.2) is 47.5 Å². The summed E-state index contributed by atoms with van der Waals surface area (Å²) in [5.41, 5.74) is 0.560. The number of alkyl halides is 2. The van der Waals surface area contributed by atoms with Crippen molar-refractivity contribution in [1.82, 2.24) is 9.55 Å². The number of hydrogen-bond donors (Lipinski definition) is 1. The van der Waals surface area contributed by atoms with Crippen LogP contribution in [0.5, 0.6) is 0 Å². The average molecular weight is 417 g/mol. The summed E-state index contributed by atoms with van der Waals surface area (Å²) in [6.45, 7) is 2.91. The number of benzene rings is 1. The van der Waals surface area contributed by atoms with Gasteiger partial charge >= 0.3 is 0 Å². The first-order valence-electron chi connectivity index (χ1n) is 9.87. The zero-order chi connectivity index (χ0) is 21.3. The summed E-state index contributed by atoms with van der Waals surface area (Å²) in [5, 5.41) is 3.90. The van der Waals surface area contributed by atoms with Crippen molar-refractivity contribution in [3.05, 3.63) is 70.0 Å². The lowest BCUT2D eigenvalue weighted by Crippen LogP contribution is -2.28. The van der Waals surface area contributed by atoms with Crippen molar-refractivity contribution in [1.29, 1.82) is 0 Å². The van der Waals surface area contributed by atoms with Gasteiger partial charge in [-0.3, -0.25) is 9.78 Å². The summed E-state index contributed by atoms with van der Waals surface area (Å²) in [7, 11) is 0. The van der Waals surface area contributed by atoms with Crippen molar-refractivity contribution in [3.63, 3.8) is 0 Å². The molecule has 1 aliphatic rings. The Hall–Kier alpha value is -2.87. The van der Waals surface area contributed by atoms with Gasteiger partial charge < -0.3 is 14.6 Å². The zero-order valence-corrected chi connectivity index (χ0v) is 16.4. The summed E-state index contributed by atoms with van der Waals surface area (Å²) < 4.78 is 47.7. The Morgan fingerprint density at radius 3 is 2.67 bits per heavy atom. The van der Waals surface area contributed by atoms with Crippen LogP contribution >= 0.6 is 0 Å². The molecule has 0 unspecified atom stereocenters. The summed E-state index contributed by atoms with van der Waals surface area (Å²) in [6, 6.07) is 6.68. The van der Waals surface area contributed by atoms with E-state index in [2.05, 4.69) is 10.3 Å². The summed E-state index contributed by atoms with van der Waals surface area (Å²) >= 11 is 0. The molecule has 1 atom stereocenters. The number of anilines is 1. The maximum absolute atomic E-state index is 14.6. The monoisotopic (exact) mass is 417 g/mol. The van der Waals surface area contributed by atoms with E-state index in [9.17, 15) is 18.0 Å². The standard InChI is InChI=1S/C22H22F3N3O2/c1-13(15-3-2-4-16(21(15)23)22(24)25)27-18-5-8-26-19-11-20(29)28(12-17(18)19)14-6-9-30-10-7-14/h2-5,8,11-14,22,27H,6-7,9-10H2,1H3/t13-/m1/s1. The Bertz CT molecular complexity index is 1110. The number of aromatic nitrogens is 2.